The van der Waals surface area contributed by atoms with Gasteiger partial charge in [0.25, 0.3) is 0 Å². The molecule has 0 saturated carbocycles. The Morgan fingerprint density at radius 3 is 2.35 bits per heavy atom. The van der Waals surface area contributed by atoms with Gasteiger partial charge < -0.3 is 10.6 Å². The van der Waals surface area contributed by atoms with Gasteiger partial charge in [0.1, 0.15) is 5.82 Å². The predicted molar refractivity (Wildman–Crippen MR) is 95.6 cm³/mol. The van der Waals surface area contributed by atoms with Crippen molar-refractivity contribution < 1.29 is 13.2 Å². The second-order valence-corrected chi connectivity index (χ2v) is 5.94. The summed E-state index contributed by atoms with van der Waals surface area (Å²) in [6.45, 7) is 5.72. The summed E-state index contributed by atoms with van der Waals surface area (Å²) >= 11 is 0. The molecule has 3 rings (SSSR count). The first kappa shape index (κ1) is 17.7. The van der Waals surface area contributed by atoms with E-state index < -0.39 is 17.5 Å². The van der Waals surface area contributed by atoms with Crippen molar-refractivity contribution in [1.82, 2.24) is 9.97 Å². The van der Waals surface area contributed by atoms with Crippen LogP contribution in [0.1, 0.15) is 16.8 Å². The zero-order chi connectivity index (χ0) is 18.8. The van der Waals surface area contributed by atoms with Crippen LogP contribution in [0.25, 0.3) is 0 Å². The summed E-state index contributed by atoms with van der Waals surface area (Å²) < 4.78 is 40.3. The highest BCUT2D eigenvalue weighted by molar-refractivity contribution is 5.63. The molecule has 0 radical (unpaired) electrons. The molecular formula is C19H17F3N4. The van der Waals surface area contributed by atoms with Gasteiger partial charge >= 0.3 is 0 Å². The summed E-state index contributed by atoms with van der Waals surface area (Å²) in [5.41, 5.74) is 3.43. The summed E-state index contributed by atoms with van der Waals surface area (Å²) in [5, 5.41) is 5.79. The first-order chi connectivity index (χ1) is 12.3. The molecule has 7 heteroatoms. The monoisotopic (exact) mass is 358 g/mol. The number of nitrogens with zero attached hydrogens (tertiary/aromatic N) is 2. The van der Waals surface area contributed by atoms with E-state index >= 15 is 0 Å². The lowest BCUT2D eigenvalue weighted by atomic mass is 10.1. The van der Waals surface area contributed by atoms with Crippen molar-refractivity contribution >= 4 is 23.1 Å². The van der Waals surface area contributed by atoms with Gasteiger partial charge in [-0.1, -0.05) is 12.1 Å². The van der Waals surface area contributed by atoms with E-state index in [-0.39, 0.29) is 11.5 Å². The van der Waals surface area contributed by atoms with Crippen LogP contribution in [0.3, 0.4) is 0 Å². The smallest absolute Gasteiger partial charge is 0.229 e. The molecule has 134 valence electrons. The molecule has 1 heterocycles. The fourth-order valence-corrected chi connectivity index (χ4v) is 2.46. The molecule has 4 nitrogen and oxygen atoms in total. The lowest BCUT2D eigenvalue weighted by Crippen LogP contribution is -2.05. The second kappa shape index (κ2) is 7.03. The average molecular weight is 358 g/mol. The van der Waals surface area contributed by atoms with E-state index in [1.807, 2.05) is 32.0 Å². The summed E-state index contributed by atoms with van der Waals surface area (Å²) in [5.74, 6) is -3.51. The number of nitrogens with one attached hydrogen (secondary N) is 2. The van der Waals surface area contributed by atoms with Crippen LogP contribution >= 0.6 is 0 Å². The van der Waals surface area contributed by atoms with E-state index in [0.717, 1.165) is 28.9 Å². The molecule has 0 aliphatic rings. The topological polar surface area (TPSA) is 49.8 Å². The quantitative estimate of drug-likeness (QED) is 0.621. The fraction of sp³-hybridized carbons (Fsp3) is 0.158. The molecular weight excluding hydrogens is 341 g/mol. The molecule has 1 aromatic heterocycles. The van der Waals surface area contributed by atoms with E-state index in [1.165, 1.54) is 0 Å². The minimum absolute atomic E-state index is 0.209. The summed E-state index contributed by atoms with van der Waals surface area (Å²) in [6, 6.07) is 9.35. The molecule has 0 bridgehead atoms. The van der Waals surface area contributed by atoms with Crippen LogP contribution in [0, 0.1) is 38.2 Å². The molecule has 0 aliphatic heterocycles. The van der Waals surface area contributed by atoms with Crippen molar-refractivity contribution in [3.63, 3.8) is 0 Å². The Labute approximate surface area is 149 Å². The molecule has 0 unspecified atom stereocenters. The fourth-order valence-electron chi connectivity index (χ4n) is 2.46. The Balaban J connectivity index is 1.91. The van der Waals surface area contributed by atoms with Crippen molar-refractivity contribution in [1.29, 1.82) is 0 Å². The molecule has 0 amide bonds. The van der Waals surface area contributed by atoms with Gasteiger partial charge in [-0.15, -0.1) is 0 Å². The molecule has 0 saturated heterocycles. The van der Waals surface area contributed by atoms with Crippen LogP contribution in [0.2, 0.25) is 0 Å². The molecule has 2 N–H and O–H groups in total. The van der Waals surface area contributed by atoms with E-state index in [9.17, 15) is 13.2 Å². The standard InChI is InChI=1S/C19H17F3N4/c1-10-5-4-6-14(12(10)3)25-19-23-11(2)9-16(26-19)24-15-8-7-13(20)17(21)18(15)22/h4-9H,1-3H3,(H2,23,24,25,26). The van der Waals surface area contributed by atoms with Gasteiger partial charge in [-0.25, -0.2) is 18.2 Å². The van der Waals surface area contributed by atoms with E-state index in [1.54, 1.807) is 13.0 Å². The number of anilines is 4. The average Bonchev–Trinajstić information content (AvgIpc) is 2.59. The lowest BCUT2D eigenvalue weighted by molar-refractivity contribution is 0.449. The Bertz CT molecular complexity index is 973. The van der Waals surface area contributed by atoms with Crippen molar-refractivity contribution in [2.75, 3.05) is 10.6 Å². The molecule has 0 spiro atoms. The molecule has 0 fully saturated rings. The Kier molecular flexibility index (Phi) is 4.79. The van der Waals surface area contributed by atoms with Crippen molar-refractivity contribution in [3.05, 3.63) is 70.7 Å². The van der Waals surface area contributed by atoms with E-state index in [2.05, 4.69) is 20.6 Å². The van der Waals surface area contributed by atoms with Crippen LogP contribution in [0.15, 0.2) is 36.4 Å². The maximum absolute atomic E-state index is 13.9. The molecule has 26 heavy (non-hydrogen) atoms. The third-order valence-electron chi connectivity index (χ3n) is 4.00. The third-order valence-corrected chi connectivity index (χ3v) is 4.00. The Morgan fingerprint density at radius 1 is 0.808 bits per heavy atom. The number of hydrogen-bond acceptors (Lipinski definition) is 4. The summed E-state index contributed by atoms with van der Waals surface area (Å²) in [6.07, 6.45) is 0. The number of hydrogen-bond donors (Lipinski definition) is 2. The first-order valence-corrected chi connectivity index (χ1v) is 7.94. The van der Waals surface area contributed by atoms with Gasteiger partial charge in [-0.3, -0.25) is 0 Å². The number of benzene rings is 2. The van der Waals surface area contributed by atoms with Crippen molar-refractivity contribution in [3.8, 4) is 0 Å². The van der Waals surface area contributed by atoms with E-state index in [0.29, 0.717) is 11.6 Å². The maximum Gasteiger partial charge on any atom is 0.229 e. The Hall–Kier alpha value is -3.09. The van der Waals surface area contributed by atoms with Crippen molar-refractivity contribution in [2.45, 2.75) is 20.8 Å². The predicted octanol–water partition coefficient (Wildman–Crippen LogP) is 5.31. The van der Waals surface area contributed by atoms with E-state index in [4.69, 9.17) is 0 Å². The van der Waals surface area contributed by atoms with Crippen molar-refractivity contribution in [2.24, 2.45) is 0 Å². The second-order valence-electron chi connectivity index (χ2n) is 5.94. The molecule has 3 aromatic rings. The lowest BCUT2D eigenvalue weighted by Gasteiger charge is -2.13. The van der Waals surface area contributed by atoms with Gasteiger partial charge in [-0.2, -0.15) is 4.98 Å². The van der Waals surface area contributed by atoms with Gasteiger partial charge in [0, 0.05) is 17.4 Å². The largest absolute Gasteiger partial charge is 0.338 e. The van der Waals surface area contributed by atoms with Crippen LogP contribution in [0.5, 0.6) is 0 Å². The minimum Gasteiger partial charge on any atom is -0.338 e. The minimum atomic E-state index is -1.53. The van der Waals surface area contributed by atoms with Gasteiger partial charge in [0.05, 0.1) is 5.69 Å². The van der Waals surface area contributed by atoms with Gasteiger partial charge in [0.2, 0.25) is 5.95 Å². The normalized spacial score (nSPS) is 10.7. The molecule has 2 aromatic carbocycles. The maximum atomic E-state index is 13.9. The van der Waals surface area contributed by atoms with Crippen LogP contribution in [0.4, 0.5) is 36.3 Å². The van der Waals surface area contributed by atoms with Gasteiger partial charge in [0.15, 0.2) is 17.5 Å². The van der Waals surface area contributed by atoms with Crippen LogP contribution < -0.4 is 10.6 Å². The van der Waals surface area contributed by atoms with Crippen LogP contribution in [-0.2, 0) is 0 Å². The first-order valence-electron chi connectivity index (χ1n) is 7.94. The number of rotatable bonds is 4. The summed E-state index contributed by atoms with van der Waals surface area (Å²) in [4.78, 5) is 8.58. The molecule has 0 atom stereocenters. The number of aromatic nitrogens is 2. The highest BCUT2D eigenvalue weighted by Crippen LogP contribution is 2.25. The number of halogens is 3. The third kappa shape index (κ3) is 3.61. The highest BCUT2D eigenvalue weighted by atomic mass is 19.2. The zero-order valence-corrected chi connectivity index (χ0v) is 14.5. The highest BCUT2D eigenvalue weighted by Gasteiger charge is 2.14. The number of aryl methyl sites for hydroxylation is 2. The SMILES string of the molecule is Cc1cc(Nc2ccc(F)c(F)c2F)nc(Nc2cccc(C)c2C)n1. The Morgan fingerprint density at radius 2 is 1.58 bits per heavy atom. The van der Waals surface area contributed by atoms with Gasteiger partial charge in [-0.05, 0) is 50.1 Å². The zero-order valence-electron chi connectivity index (χ0n) is 14.5. The van der Waals surface area contributed by atoms with Crippen LogP contribution in [-0.4, -0.2) is 9.97 Å². The molecule has 0 aliphatic carbocycles. The summed E-state index contributed by atoms with van der Waals surface area (Å²) in [7, 11) is 0.